The first-order chi connectivity index (χ1) is 16.2. The lowest BCUT2D eigenvalue weighted by molar-refractivity contribution is -0.137. The summed E-state index contributed by atoms with van der Waals surface area (Å²) in [5.41, 5.74) is 2.40. The molecule has 176 valence electrons. The van der Waals surface area contributed by atoms with Gasteiger partial charge in [0.1, 0.15) is 6.61 Å². The van der Waals surface area contributed by atoms with Gasteiger partial charge in [-0.05, 0) is 59.7 Å². The molecule has 0 saturated carbocycles. The Morgan fingerprint density at radius 2 is 1.74 bits per heavy atom. The van der Waals surface area contributed by atoms with Crippen LogP contribution in [0.1, 0.15) is 37.4 Å². The zero-order valence-corrected chi connectivity index (χ0v) is 17.8. The Morgan fingerprint density at radius 1 is 1.00 bits per heavy atom. The lowest BCUT2D eigenvalue weighted by Gasteiger charge is -2.11. The highest BCUT2D eigenvalue weighted by molar-refractivity contribution is 5.95. The summed E-state index contributed by atoms with van der Waals surface area (Å²) in [6, 6.07) is 15.2. The number of nitrogens with zero attached hydrogens (tertiary/aromatic N) is 1. The van der Waals surface area contributed by atoms with Crippen molar-refractivity contribution in [2.24, 2.45) is 5.10 Å². The van der Waals surface area contributed by atoms with E-state index in [-0.39, 0.29) is 17.7 Å². The standard InChI is InChI=1S/C24H19F3N2O5/c1-33-21-11-15(8-9-20(21)34-14-16-4-2-6-18(10-16)23(31)32)13-28-29-22(30)17-5-3-7-19(12-17)24(25,26)27/h2-13H,14H2,1H3,(H,29,30)(H,31,32)/b28-13-. The zero-order chi connectivity index (χ0) is 24.7. The summed E-state index contributed by atoms with van der Waals surface area (Å²) in [5, 5.41) is 12.9. The van der Waals surface area contributed by atoms with Gasteiger partial charge in [0.2, 0.25) is 0 Å². The van der Waals surface area contributed by atoms with Crippen molar-refractivity contribution in [1.29, 1.82) is 0 Å². The topological polar surface area (TPSA) is 97.2 Å². The molecule has 0 spiro atoms. The third-order valence-electron chi connectivity index (χ3n) is 4.59. The van der Waals surface area contributed by atoms with Gasteiger partial charge in [-0.15, -0.1) is 0 Å². The van der Waals surface area contributed by atoms with Gasteiger partial charge in [0.25, 0.3) is 5.91 Å². The first-order valence-electron chi connectivity index (χ1n) is 9.81. The predicted molar refractivity (Wildman–Crippen MR) is 117 cm³/mol. The van der Waals surface area contributed by atoms with Gasteiger partial charge in [-0.25, -0.2) is 10.2 Å². The smallest absolute Gasteiger partial charge is 0.416 e. The van der Waals surface area contributed by atoms with Gasteiger partial charge in [0.15, 0.2) is 11.5 Å². The van der Waals surface area contributed by atoms with E-state index in [4.69, 9.17) is 14.6 Å². The molecule has 1 amide bonds. The van der Waals surface area contributed by atoms with E-state index in [9.17, 15) is 22.8 Å². The molecule has 0 aliphatic carbocycles. The van der Waals surface area contributed by atoms with Crippen LogP contribution in [-0.4, -0.2) is 30.3 Å². The SMILES string of the molecule is COc1cc(/C=N\NC(=O)c2cccc(C(F)(F)F)c2)ccc1OCc1cccc(C(=O)O)c1. The number of alkyl halides is 3. The molecule has 0 heterocycles. The summed E-state index contributed by atoms with van der Waals surface area (Å²) in [7, 11) is 1.43. The Bertz CT molecular complexity index is 1230. The van der Waals surface area contributed by atoms with Gasteiger partial charge in [0, 0.05) is 5.56 Å². The van der Waals surface area contributed by atoms with Gasteiger partial charge >= 0.3 is 12.1 Å². The molecule has 0 atom stereocenters. The molecule has 0 aliphatic rings. The lowest BCUT2D eigenvalue weighted by atomic mass is 10.1. The number of aromatic carboxylic acids is 1. The van der Waals surface area contributed by atoms with Crippen molar-refractivity contribution in [2.75, 3.05) is 7.11 Å². The second-order valence-corrected chi connectivity index (χ2v) is 6.98. The van der Waals surface area contributed by atoms with E-state index in [0.29, 0.717) is 22.6 Å². The second-order valence-electron chi connectivity index (χ2n) is 6.98. The monoisotopic (exact) mass is 472 g/mol. The highest BCUT2D eigenvalue weighted by Gasteiger charge is 2.30. The molecular formula is C24H19F3N2O5. The first-order valence-corrected chi connectivity index (χ1v) is 9.81. The van der Waals surface area contributed by atoms with Gasteiger partial charge in [-0.2, -0.15) is 18.3 Å². The minimum atomic E-state index is -4.56. The van der Waals surface area contributed by atoms with E-state index in [1.54, 1.807) is 30.3 Å². The van der Waals surface area contributed by atoms with Crippen LogP contribution in [0.2, 0.25) is 0 Å². The summed E-state index contributed by atoms with van der Waals surface area (Å²) < 4.78 is 49.4. The van der Waals surface area contributed by atoms with E-state index >= 15 is 0 Å². The number of benzene rings is 3. The molecule has 0 radical (unpaired) electrons. The van der Waals surface area contributed by atoms with Crippen LogP contribution in [0.15, 0.2) is 71.8 Å². The van der Waals surface area contributed by atoms with Crippen molar-refractivity contribution in [2.45, 2.75) is 12.8 Å². The molecule has 2 N–H and O–H groups in total. The van der Waals surface area contributed by atoms with Crippen molar-refractivity contribution in [3.8, 4) is 11.5 Å². The normalized spacial score (nSPS) is 11.3. The molecule has 0 aliphatic heterocycles. The summed E-state index contributed by atoms with van der Waals surface area (Å²) in [4.78, 5) is 23.2. The number of methoxy groups -OCH3 is 1. The van der Waals surface area contributed by atoms with E-state index in [2.05, 4.69) is 10.5 Å². The summed E-state index contributed by atoms with van der Waals surface area (Å²) >= 11 is 0. The fourth-order valence-electron chi connectivity index (χ4n) is 2.91. The fraction of sp³-hybridized carbons (Fsp3) is 0.125. The number of carbonyl (C=O) groups excluding carboxylic acids is 1. The van der Waals surface area contributed by atoms with Gasteiger partial charge in [-0.3, -0.25) is 4.79 Å². The third kappa shape index (κ3) is 6.35. The average Bonchev–Trinajstić information content (AvgIpc) is 2.82. The number of carboxylic acid groups (broad SMARTS) is 1. The predicted octanol–water partition coefficient (Wildman–Crippen LogP) is 4.76. The van der Waals surface area contributed by atoms with Crippen molar-refractivity contribution in [3.63, 3.8) is 0 Å². The van der Waals surface area contributed by atoms with Crippen LogP contribution >= 0.6 is 0 Å². The van der Waals surface area contributed by atoms with E-state index in [1.165, 1.54) is 31.5 Å². The molecule has 3 aromatic rings. The molecule has 7 nitrogen and oxygen atoms in total. The fourth-order valence-corrected chi connectivity index (χ4v) is 2.91. The van der Waals surface area contributed by atoms with Crippen LogP contribution < -0.4 is 14.9 Å². The largest absolute Gasteiger partial charge is 0.493 e. The maximum atomic E-state index is 12.8. The maximum Gasteiger partial charge on any atom is 0.416 e. The number of amides is 1. The number of hydrogen-bond acceptors (Lipinski definition) is 5. The van der Waals surface area contributed by atoms with Crippen molar-refractivity contribution in [3.05, 3.63) is 94.5 Å². The Balaban J connectivity index is 1.64. The van der Waals surface area contributed by atoms with Crippen LogP contribution in [0.3, 0.4) is 0 Å². The Hall–Kier alpha value is -4.34. The number of carbonyl (C=O) groups is 2. The molecule has 34 heavy (non-hydrogen) atoms. The first kappa shape index (κ1) is 24.3. The number of ether oxygens (including phenoxy) is 2. The van der Waals surface area contributed by atoms with Crippen molar-refractivity contribution >= 4 is 18.1 Å². The average molecular weight is 472 g/mol. The quantitative estimate of drug-likeness (QED) is 0.364. The van der Waals surface area contributed by atoms with Crippen LogP contribution in [0.5, 0.6) is 11.5 Å². The lowest BCUT2D eigenvalue weighted by Crippen LogP contribution is -2.18. The van der Waals surface area contributed by atoms with Gasteiger partial charge in [0.05, 0.1) is 24.5 Å². The van der Waals surface area contributed by atoms with Crippen molar-refractivity contribution in [1.82, 2.24) is 5.43 Å². The molecule has 0 saturated heterocycles. The molecule has 0 unspecified atom stereocenters. The highest BCUT2D eigenvalue weighted by atomic mass is 19.4. The van der Waals surface area contributed by atoms with Crippen LogP contribution in [0.25, 0.3) is 0 Å². The third-order valence-corrected chi connectivity index (χ3v) is 4.59. The molecule has 0 fully saturated rings. The minimum Gasteiger partial charge on any atom is -0.493 e. The number of hydrazone groups is 1. The number of hydrogen-bond donors (Lipinski definition) is 2. The number of carboxylic acids is 1. The summed E-state index contributed by atoms with van der Waals surface area (Å²) in [6.45, 7) is 0.109. The zero-order valence-electron chi connectivity index (χ0n) is 17.8. The Kier molecular flexibility index (Phi) is 7.52. The molecule has 0 bridgehead atoms. The molecule has 10 heteroatoms. The molecule has 3 rings (SSSR count). The number of nitrogens with one attached hydrogen (secondary N) is 1. The van der Waals surface area contributed by atoms with Crippen LogP contribution in [-0.2, 0) is 12.8 Å². The summed E-state index contributed by atoms with van der Waals surface area (Å²) in [5.74, 6) is -1.07. The van der Waals surface area contributed by atoms with Gasteiger partial charge < -0.3 is 14.6 Å². The number of rotatable bonds is 8. The van der Waals surface area contributed by atoms with Gasteiger partial charge in [-0.1, -0.05) is 18.2 Å². The maximum absolute atomic E-state index is 12.8. The molecule has 3 aromatic carbocycles. The molecular weight excluding hydrogens is 453 g/mol. The minimum absolute atomic E-state index is 0.109. The van der Waals surface area contributed by atoms with Crippen LogP contribution in [0, 0.1) is 0 Å². The number of halogens is 3. The second kappa shape index (κ2) is 10.5. The van der Waals surface area contributed by atoms with Crippen LogP contribution in [0.4, 0.5) is 13.2 Å². The highest BCUT2D eigenvalue weighted by Crippen LogP contribution is 2.30. The van der Waals surface area contributed by atoms with E-state index < -0.39 is 23.6 Å². The van der Waals surface area contributed by atoms with Crippen molar-refractivity contribution < 1.29 is 37.3 Å². The van der Waals surface area contributed by atoms with E-state index in [0.717, 1.165) is 18.2 Å². The molecule has 0 aromatic heterocycles. The Morgan fingerprint density at radius 3 is 2.44 bits per heavy atom. The summed E-state index contributed by atoms with van der Waals surface area (Å²) in [6.07, 6.45) is -3.26. The van der Waals surface area contributed by atoms with E-state index in [1.807, 2.05) is 0 Å². The Labute approximate surface area is 192 Å².